The summed E-state index contributed by atoms with van der Waals surface area (Å²) in [4.78, 5) is 11.4. The lowest BCUT2D eigenvalue weighted by molar-refractivity contribution is -0.115. The van der Waals surface area contributed by atoms with Gasteiger partial charge in [0, 0.05) is 35.9 Å². The highest BCUT2D eigenvalue weighted by molar-refractivity contribution is 6.36. The van der Waals surface area contributed by atoms with Crippen LogP contribution in [0.3, 0.4) is 0 Å². The molecular formula is C20H19ClN2O2. The average Bonchev–Trinajstić information content (AvgIpc) is 3.11. The summed E-state index contributed by atoms with van der Waals surface area (Å²) >= 11 is 5.99. The number of hydrogen-bond donors (Lipinski definition) is 0. The number of amides is 1. The van der Waals surface area contributed by atoms with Crippen LogP contribution in [-0.4, -0.2) is 11.1 Å². The molecule has 5 heteroatoms. The fourth-order valence-corrected chi connectivity index (χ4v) is 2.84. The van der Waals surface area contributed by atoms with Crippen LogP contribution < -0.4 is 4.42 Å². The minimum atomic E-state index is -0.247. The van der Waals surface area contributed by atoms with Gasteiger partial charge in [-0.05, 0) is 23.6 Å². The van der Waals surface area contributed by atoms with Crippen molar-refractivity contribution in [2.45, 2.75) is 26.7 Å². The van der Waals surface area contributed by atoms with Crippen LogP contribution in [0.15, 0.2) is 59.1 Å². The molecule has 0 fully saturated rings. The van der Waals surface area contributed by atoms with E-state index in [0.29, 0.717) is 17.4 Å². The molecule has 0 aliphatic rings. The van der Waals surface area contributed by atoms with Crippen LogP contribution in [0.25, 0.3) is 22.6 Å². The van der Waals surface area contributed by atoms with Crippen LogP contribution in [0.1, 0.15) is 32.3 Å². The zero-order valence-electron chi connectivity index (χ0n) is 14.4. The first-order chi connectivity index (χ1) is 12.0. The molecule has 0 aliphatic heterocycles. The van der Waals surface area contributed by atoms with E-state index in [1.807, 2.05) is 36.4 Å². The second-order valence-corrected chi connectivity index (χ2v) is 6.51. The quantitative estimate of drug-likeness (QED) is 0.569. The van der Waals surface area contributed by atoms with Crippen molar-refractivity contribution >= 4 is 23.4 Å². The summed E-state index contributed by atoms with van der Waals surface area (Å²) in [6, 6.07) is 17.4. The summed E-state index contributed by atoms with van der Waals surface area (Å²) in [5.74, 6) is 0.770. The van der Waals surface area contributed by atoms with E-state index in [9.17, 15) is 4.79 Å². The maximum Gasteiger partial charge on any atom is 0.238 e. The topological polar surface area (TPSA) is 46.3 Å². The highest BCUT2D eigenvalue weighted by atomic mass is 35.5. The number of aromatic nitrogens is 1. The Morgan fingerprint density at radius 2 is 1.88 bits per heavy atom. The highest BCUT2D eigenvalue weighted by Gasteiger charge is 2.15. The monoisotopic (exact) mass is 354 g/mol. The first-order valence-electron chi connectivity index (χ1n) is 8.10. The van der Waals surface area contributed by atoms with E-state index in [1.54, 1.807) is 12.1 Å². The Morgan fingerprint density at radius 1 is 1.12 bits per heavy atom. The molecule has 3 aromatic rings. The van der Waals surface area contributed by atoms with E-state index in [4.69, 9.17) is 16.3 Å². The molecule has 1 aromatic heterocycles. The van der Waals surface area contributed by atoms with Crippen molar-refractivity contribution in [3.05, 3.63) is 60.2 Å². The Balaban J connectivity index is 1.98. The van der Waals surface area contributed by atoms with Gasteiger partial charge in [-0.1, -0.05) is 55.4 Å². The highest BCUT2D eigenvalue weighted by Crippen LogP contribution is 2.32. The van der Waals surface area contributed by atoms with Gasteiger partial charge in [0.15, 0.2) is 5.76 Å². The van der Waals surface area contributed by atoms with Gasteiger partial charge in [-0.3, -0.25) is 4.79 Å². The molecular weight excluding hydrogens is 336 g/mol. The molecule has 0 saturated carbocycles. The number of hydrogen-bond acceptors (Lipinski definition) is 3. The Bertz CT molecular complexity index is 902. The van der Waals surface area contributed by atoms with E-state index >= 15 is 0 Å². The molecule has 4 nitrogen and oxygen atoms in total. The van der Waals surface area contributed by atoms with Gasteiger partial charge in [-0.15, -0.1) is 0 Å². The average molecular weight is 355 g/mol. The third-order valence-electron chi connectivity index (χ3n) is 4.00. The molecule has 0 saturated heterocycles. The van der Waals surface area contributed by atoms with Crippen LogP contribution in [0.5, 0.6) is 0 Å². The fourth-order valence-electron chi connectivity index (χ4n) is 2.74. The van der Waals surface area contributed by atoms with Gasteiger partial charge in [0.1, 0.15) is 5.69 Å². The van der Waals surface area contributed by atoms with Crippen LogP contribution in [-0.2, 0) is 4.79 Å². The van der Waals surface area contributed by atoms with E-state index in [0.717, 1.165) is 21.2 Å². The molecule has 0 atom stereocenters. The first kappa shape index (κ1) is 17.2. The fraction of sp³-hybridized carbons (Fsp3) is 0.200. The van der Waals surface area contributed by atoms with Crippen molar-refractivity contribution in [2.24, 2.45) is 0 Å². The third-order valence-corrected chi connectivity index (χ3v) is 4.44. The van der Waals surface area contributed by atoms with Crippen LogP contribution in [0.4, 0.5) is 5.69 Å². The van der Waals surface area contributed by atoms with Gasteiger partial charge in [0.25, 0.3) is 0 Å². The lowest BCUT2D eigenvalue weighted by Crippen LogP contribution is -2.16. The SMILES string of the molecule is CC(=O)N(Cl)c1cccc(-c2cc(-c3ccccc3C(C)C)no2)c1. The van der Waals surface area contributed by atoms with Crippen molar-refractivity contribution < 1.29 is 9.32 Å². The molecule has 2 aromatic carbocycles. The Kier molecular flexibility index (Phi) is 4.91. The van der Waals surface area contributed by atoms with Crippen LogP contribution in [0, 0.1) is 0 Å². The van der Waals surface area contributed by atoms with Crippen molar-refractivity contribution in [1.29, 1.82) is 0 Å². The predicted molar refractivity (Wildman–Crippen MR) is 100 cm³/mol. The van der Waals surface area contributed by atoms with Crippen molar-refractivity contribution in [3.8, 4) is 22.6 Å². The zero-order valence-corrected chi connectivity index (χ0v) is 15.1. The summed E-state index contributed by atoms with van der Waals surface area (Å²) in [6.07, 6.45) is 0. The predicted octanol–water partition coefficient (Wildman–Crippen LogP) is 5.64. The molecule has 0 bridgehead atoms. The minimum Gasteiger partial charge on any atom is -0.356 e. The first-order valence-corrected chi connectivity index (χ1v) is 8.44. The normalized spacial score (nSPS) is 10.9. The van der Waals surface area contributed by atoms with E-state index in [2.05, 4.69) is 25.1 Å². The van der Waals surface area contributed by atoms with Gasteiger partial charge >= 0.3 is 0 Å². The minimum absolute atomic E-state index is 0.247. The summed E-state index contributed by atoms with van der Waals surface area (Å²) < 4.78 is 6.62. The molecule has 0 radical (unpaired) electrons. The summed E-state index contributed by atoms with van der Waals surface area (Å²) in [5.41, 5.74) is 4.47. The summed E-state index contributed by atoms with van der Waals surface area (Å²) in [6.45, 7) is 5.72. The summed E-state index contributed by atoms with van der Waals surface area (Å²) in [7, 11) is 0. The molecule has 0 spiro atoms. The Labute approximate surface area is 152 Å². The summed E-state index contributed by atoms with van der Waals surface area (Å²) in [5, 5.41) is 4.23. The molecule has 1 heterocycles. The molecule has 3 rings (SSSR count). The second kappa shape index (κ2) is 7.11. The van der Waals surface area contributed by atoms with Crippen molar-refractivity contribution in [3.63, 3.8) is 0 Å². The van der Waals surface area contributed by atoms with E-state index in [-0.39, 0.29) is 5.91 Å². The number of carbonyl (C=O) groups excluding carboxylic acids is 1. The lowest BCUT2D eigenvalue weighted by Gasteiger charge is -2.11. The molecule has 0 aliphatic carbocycles. The van der Waals surface area contributed by atoms with Crippen LogP contribution in [0.2, 0.25) is 0 Å². The lowest BCUT2D eigenvalue weighted by atomic mass is 9.95. The molecule has 25 heavy (non-hydrogen) atoms. The zero-order chi connectivity index (χ0) is 18.0. The number of anilines is 1. The maximum atomic E-state index is 11.4. The molecule has 1 amide bonds. The van der Waals surface area contributed by atoms with E-state index in [1.165, 1.54) is 12.5 Å². The maximum absolute atomic E-state index is 11.4. The molecule has 0 unspecified atom stereocenters. The van der Waals surface area contributed by atoms with E-state index < -0.39 is 0 Å². The van der Waals surface area contributed by atoms with Gasteiger partial charge in [-0.25, -0.2) is 4.42 Å². The van der Waals surface area contributed by atoms with Crippen LogP contribution >= 0.6 is 11.8 Å². The van der Waals surface area contributed by atoms with Gasteiger partial charge in [-0.2, -0.15) is 0 Å². The standard InChI is InChI=1S/C20H19ClN2O2/c1-13(2)17-9-4-5-10-18(17)19-12-20(25-22-19)15-7-6-8-16(11-15)23(21)14(3)24/h4-13H,1-3H3. The van der Waals surface area contributed by atoms with Gasteiger partial charge in [0.05, 0.1) is 5.69 Å². The van der Waals surface area contributed by atoms with Gasteiger partial charge < -0.3 is 4.52 Å². The number of nitrogens with zero attached hydrogens (tertiary/aromatic N) is 2. The van der Waals surface area contributed by atoms with Gasteiger partial charge in [0.2, 0.25) is 5.91 Å². The number of rotatable bonds is 4. The Morgan fingerprint density at radius 3 is 2.60 bits per heavy atom. The van der Waals surface area contributed by atoms with Crippen molar-refractivity contribution in [1.82, 2.24) is 5.16 Å². The third kappa shape index (κ3) is 3.59. The largest absolute Gasteiger partial charge is 0.356 e. The second-order valence-electron chi connectivity index (χ2n) is 6.17. The molecule has 0 N–H and O–H groups in total. The number of carbonyl (C=O) groups is 1. The van der Waals surface area contributed by atoms with Crippen molar-refractivity contribution in [2.75, 3.05) is 4.42 Å². The Hall–Kier alpha value is -2.59. The molecule has 128 valence electrons. The smallest absolute Gasteiger partial charge is 0.238 e. The number of benzene rings is 2. The number of halogens is 1.